The number of rotatable bonds is 5. The molecule has 0 aliphatic heterocycles. The Balaban J connectivity index is 0. The highest BCUT2D eigenvalue weighted by Crippen LogP contribution is 1.94. The third kappa shape index (κ3) is 8.01. The van der Waals surface area contributed by atoms with Crippen LogP contribution in [0.2, 0.25) is 0 Å². The predicted octanol–water partition coefficient (Wildman–Crippen LogP) is 1.37. The number of hydrogen-bond donors (Lipinski definition) is 2. The van der Waals surface area contributed by atoms with Gasteiger partial charge in [0.15, 0.2) is 0 Å². The average molecular weight is 202 g/mol. The van der Waals surface area contributed by atoms with Crippen molar-refractivity contribution >= 4 is 5.84 Å². The van der Waals surface area contributed by atoms with Crippen LogP contribution in [-0.2, 0) is 0 Å². The van der Waals surface area contributed by atoms with Crippen LogP contribution in [0.1, 0.15) is 40.0 Å². The minimum atomic E-state index is 0.832. The van der Waals surface area contributed by atoms with Gasteiger partial charge in [0.2, 0.25) is 0 Å². The molecular weight excluding hydrogens is 176 g/mol. The highest BCUT2D eigenvalue weighted by Gasteiger charge is 2.00. The fourth-order valence-corrected chi connectivity index (χ4v) is 0.954. The molecule has 4 N–H and O–H groups in total. The second-order valence-electron chi connectivity index (χ2n) is 2.79. The van der Waals surface area contributed by atoms with Crippen LogP contribution in [0.15, 0.2) is 4.99 Å². The lowest BCUT2D eigenvalue weighted by Gasteiger charge is -2.17. The summed E-state index contributed by atoms with van der Waals surface area (Å²) in [6.45, 7) is 8.03. The van der Waals surface area contributed by atoms with Crippen LogP contribution in [0.25, 0.3) is 0 Å². The van der Waals surface area contributed by atoms with E-state index in [4.69, 9.17) is 5.84 Å². The molecule has 0 aromatic rings. The summed E-state index contributed by atoms with van der Waals surface area (Å²) in [5.74, 6) is 6.73. The number of nitrogens with zero attached hydrogens (tertiary/aromatic N) is 2. The molecule has 0 aromatic carbocycles. The lowest BCUT2D eigenvalue weighted by molar-refractivity contribution is 0.453. The van der Waals surface area contributed by atoms with Gasteiger partial charge in [0.05, 0.1) is 0 Å². The van der Waals surface area contributed by atoms with Gasteiger partial charge < -0.3 is 5.73 Å². The van der Waals surface area contributed by atoms with E-state index in [1.54, 1.807) is 5.01 Å². The normalized spacial score (nSPS) is 10.6. The molecule has 4 nitrogen and oxygen atoms in total. The van der Waals surface area contributed by atoms with Crippen molar-refractivity contribution in [1.29, 1.82) is 0 Å². The molecule has 0 unspecified atom stereocenters. The van der Waals surface area contributed by atoms with Crippen molar-refractivity contribution in [2.24, 2.45) is 16.6 Å². The first kappa shape index (κ1) is 15.8. The minimum Gasteiger partial charge on any atom is -0.333 e. The van der Waals surface area contributed by atoms with Gasteiger partial charge in [-0.1, -0.05) is 20.3 Å². The zero-order chi connectivity index (χ0) is 11.4. The monoisotopic (exact) mass is 202 g/mol. The molecule has 0 atom stereocenters. The molecule has 0 rings (SSSR count). The van der Waals surface area contributed by atoms with E-state index in [-0.39, 0.29) is 0 Å². The lowest BCUT2D eigenvalue weighted by Crippen LogP contribution is -2.36. The van der Waals surface area contributed by atoms with Gasteiger partial charge >= 0.3 is 0 Å². The highest BCUT2D eigenvalue weighted by atomic mass is 15.4. The number of aliphatic imine (C=N–C) groups is 1. The van der Waals surface area contributed by atoms with Crippen molar-refractivity contribution in [2.75, 3.05) is 20.1 Å². The first-order valence-corrected chi connectivity index (χ1v) is 5.39. The van der Waals surface area contributed by atoms with E-state index in [0.717, 1.165) is 31.8 Å². The Morgan fingerprint density at radius 1 is 1.21 bits per heavy atom. The van der Waals surface area contributed by atoms with Gasteiger partial charge in [0.25, 0.3) is 0 Å². The zero-order valence-corrected chi connectivity index (χ0v) is 10.1. The fourth-order valence-electron chi connectivity index (χ4n) is 0.954. The zero-order valence-electron chi connectivity index (χ0n) is 10.1. The molecule has 0 radical (unpaired) electrons. The van der Waals surface area contributed by atoms with Crippen molar-refractivity contribution in [3.05, 3.63) is 0 Å². The molecule has 86 valence electrons. The molecule has 0 heterocycles. The Labute approximate surface area is 88.3 Å². The lowest BCUT2D eigenvalue weighted by atomic mass is 10.3. The largest absolute Gasteiger partial charge is 0.333 e. The molecule has 0 aromatic heterocycles. The second kappa shape index (κ2) is 12.4. The van der Waals surface area contributed by atoms with Gasteiger partial charge in [-0.25, -0.2) is 5.84 Å². The molecular formula is C10H26N4. The maximum absolute atomic E-state index is 5.71. The quantitative estimate of drug-likeness (QED) is 0.232. The van der Waals surface area contributed by atoms with Gasteiger partial charge in [-0.15, -0.1) is 0 Å². The molecule has 4 heteroatoms. The standard InChI is InChI=1S/C9H21N3.CH5N/c1-4-7-8-11-9(5-2)12(10)6-3;1-2/h4-8,10H2,1-3H3;2H2,1H3. The smallest absolute Gasteiger partial charge is 0.113 e. The van der Waals surface area contributed by atoms with E-state index >= 15 is 0 Å². The van der Waals surface area contributed by atoms with Gasteiger partial charge in [-0.2, -0.15) is 0 Å². The number of nitrogens with two attached hydrogens (primary N) is 2. The number of amidine groups is 1. The Hall–Kier alpha value is -0.610. The van der Waals surface area contributed by atoms with Gasteiger partial charge in [0.1, 0.15) is 5.84 Å². The summed E-state index contributed by atoms with van der Waals surface area (Å²) >= 11 is 0. The Morgan fingerprint density at radius 3 is 2.14 bits per heavy atom. The third-order valence-electron chi connectivity index (χ3n) is 1.79. The molecule has 0 spiro atoms. The summed E-state index contributed by atoms with van der Waals surface area (Å²) in [5, 5.41) is 1.72. The van der Waals surface area contributed by atoms with Gasteiger partial charge in [-0.05, 0) is 20.4 Å². The molecule has 0 bridgehead atoms. The van der Waals surface area contributed by atoms with Crippen LogP contribution in [0.3, 0.4) is 0 Å². The van der Waals surface area contributed by atoms with Crippen LogP contribution in [0, 0.1) is 0 Å². The van der Waals surface area contributed by atoms with Crippen molar-refractivity contribution < 1.29 is 0 Å². The summed E-state index contributed by atoms with van der Waals surface area (Å²) in [5.41, 5.74) is 4.50. The van der Waals surface area contributed by atoms with Crippen LogP contribution in [0.4, 0.5) is 0 Å². The van der Waals surface area contributed by atoms with Crippen LogP contribution < -0.4 is 11.6 Å². The molecule has 0 saturated carbocycles. The summed E-state index contributed by atoms with van der Waals surface area (Å²) < 4.78 is 0. The second-order valence-corrected chi connectivity index (χ2v) is 2.79. The maximum Gasteiger partial charge on any atom is 0.113 e. The van der Waals surface area contributed by atoms with Gasteiger partial charge in [-0.3, -0.25) is 10.0 Å². The Bertz CT molecular complexity index is 134. The predicted molar refractivity (Wildman–Crippen MR) is 64.2 cm³/mol. The van der Waals surface area contributed by atoms with E-state index in [1.165, 1.54) is 13.5 Å². The average Bonchev–Trinajstić information content (AvgIpc) is 2.26. The minimum absolute atomic E-state index is 0.832. The van der Waals surface area contributed by atoms with E-state index in [9.17, 15) is 0 Å². The van der Waals surface area contributed by atoms with Crippen molar-refractivity contribution in [3.63, 3.8) is 0 Å². The van der Waals surface area contributed by atoms with Crippen LogP contribution in [0.5, 0.6) is 0 Å². The number of unbranched alkanes of at least 4 members (excludes halogenated alkanes) is 1. The van der Waals surface area contributed by atoms with Crippen molar-refractivity contribution in [1.82, 2.24) is 5.01 Å². The molecule has 0 aliphatic carbocycles. The number of hydrogen-bond acceptors (Lipinski definition) is 3. The topological polar surface area (TPSA) is 67.6 Å². The summed E-state index contributed by atoms with van der Waals surface area (Å²) in [6, 6.07) is 0. The van der Waals surface area contributed by atoms with Crippen LogP contribution >= 0.6 is 0 Å². The molecule has 0 aliphatic rings. The summed E-state index contributed by atoms with van der Waals surface area (Å²) in [6.07, 6.45) is 3.27. The molecule has 14 heavy (non-hydrogen) atoms. The van der Waals surface area contributed by atoms with E-state index in [2.05, 4.69) is 24.6 Å². The molecule has 0 amide bonds. The summed E-state index contributed by atoms with van der Waals surface area (Å²) in [4.78, 5) is 4.42. The fraction of sp³-hybridized carbons (Fsp3) is 0.900. The van der Waals surface area contributed by atoms with Crippen molar-refractivity contribution in [2.45, 2.75) is 40.0 Å². The van der Waals surface area contributed by atoms with Crippen LogP contribution in [-0.4, -0.2) is 31.0 Å². The molecule has 0 saturated heterocycles. The first-order chi connectivity index (χ1) is 6.76. The van der Waals surface area contributed by atoms with E-state index in [1.807, 2.05) is 6.92 Å². The van der Waals surface area contributed by atoms with E-state index < -0.39 is 0 Å². The first-order valence-electron chi connectivity index (χ1n) is 5.39. The third-order valence-corrected chi connectivity index (χ3v) is 1.79. The van der Waals surface area contributed by atoms with E-state index in [0.29, 0.717) is 0 Å². The molecule has 0 fully saturated rings. The maximum atomic E-state index is 5.71. The Kier molecular flexibility index (Phi) is 14.0. The van der Waals surface area contributed by atoms with Gasteiger partial charge in [0, 0.05) is 19.5 Å². The Morgan fingerprint density at radius 2 is 1.79 bits per heavy atom. The highest BCUT2D eigenvalue weighted by molar-refractivity contribution is 5.81. The number of hydrazine groups is 1. The summed E-state index contributed by atoms with van der Waals surface area (Å²) in [7, 11) is 1.50. The SMILES string of the molecule is CCCCN=C(CC)N(N)CC.CN. The van der Waals surface area contributed by atoms with Crippen molar-refractivity contribution in [3.8, 4) is 0 Å².